The monoisotopic (exact) mass is 413 g/mol. The number of rotatable bonds is 4. The van der Waals surface area contributed by atoms with E-state index in [0.29, 0.717) is 28.7 Å². The first-order valence-corrected chi connectivity index (χ1v) is 10.7. The van der Waals surface area contributed by atoms with Gasteiger partial charge in [0.05, 0.1) is 30.2 Å². The Hall–Kier alpha value is -2.52. The van der Waals surface area contributed by atoms with Crippen molar-refractivity contribution in [1.29, 1.82) is 0 Å². The molecule has 1 atom stereocenters. The molecule has 1 aliphatic heterocycles. The van der Waals surface area contributed by atoms with Crippen molar-refractivity contribution in [2.45, 2.75) is 45.6 Å². The summed E-state index contributed by atoms with van der Waals surface area (Å²) in [5, 5.41) is 9.06. The zero-order valence-electron chi connectivity index (χ0n) is 16.8. The third kappa shape index (κ3) is 3.08. The van der Waals surface area contributed by atoms with Crippen LogP contribution in [-0.2, 0) is 24.6 Å². The molecule has 0 spiro atoms. The van der Waals surface area contributed by atoms with Gasteiger partial charge in [-0.05, 0) is 39.5 Å². The minimum atomic E-state index is -0.130. The van der Waals surface area contributed by atoms with Crippen LogP contribution in [0.4, 0.5) is 5.13 Å². The van der Waals surface area contributed by atoms with Crippen molar-refractivity contribution in [3.8, 4) is 11.3 Å². The van der Waals surface area contributed by atoms with Crippen molar-refractivity contribution in [2.24, 2.45) is 7.05 Å². The van der Waals surface area contributed by atoms with Gasteiger partial charge in [0.2, 0.25) is 0 Å². The Labute approximate surface area is 172 Å². The third-order valence-corrected chi connectivity index (χ3v) is 6.86. The number of aromatic nitrogens is 4. The molecule has 0 N–H and O–H groups in total. The standard InChI is InChI=1S/C20H23N5O3S/c1-11-17(12(2)28-23-11)19(26)25(10-13-5-4-8-27-13)20-22-18-14-9-21-24(3)15(14)6-7-16(18)29-20/h9,13H,4-8,10H2,1-3H3. The molecule has 0 saturated carbocycles. The maximum atomic E-state index is 13.5. The molecule has 9 heteroatoms. The van der Waals surface area contributed by atoms with Gasteiger partial charge in [0.15, 0.2) is 5.13 Å². The lowest BCUT2D eigenvalue weighted by atomic mass is 10.0. The van der Waals surface area contributed by atoms with Crippen LogP contribution in [0.25, 0.3) is 11.3 Å². The minimum Gasteiger partial charge on any atom is -0.376 e. The number of thiazole rings is 1. The Bertz CT molecular complexity index is 1060. The van der Waals surface area contributed by atoms with Gasteiger partial charge in [-0.2, -0.15) is 5.10 Å². The van der Waals surface area contributed by atoms with Crippen LogP contribution in [-0.4, -0.2) is 45.1 Å². The number of hydrogen-bond acceptors (Lipinski definition) is 7. The van der Waals surface area contributed by atoms with E-state index in [2.05, 4.69) is 10.3 Å². The summed E-state index contributed by atoms with van der Waals surface area (Å²) in [4.78, 5) is 21.4. The zero-order chi connectivity index (χ0) is 20.1. The molecule has 0 bridgehead atoms. The fraction of sp³-hybridized carbons (Fsp3) is 0.500. The van der Waals surface area contributed by atoms with Crippen molar-refractivity contribution < 1.29 is 14.1 Å². The predicted octanol–water partition coefficient (Wildman–Crippen LogP) is 3.07. The number of nitrogens with zero attached hydrogens (tertiary/aromatic N) is 5. The van der Waals surface area contributed by atoms with Crippen molar-refractivity contribution >= 4 is 22.4 Å². The first-order valence-electron chi connectivity index (χ1n) is 9.90. The van der Waals surface area contributed by atoms with E-state index >= 15 is 0 Å². The lowest BCUT2D eigenvalue weighted by Crippen LogP contribution is -2.38. The molecule has 1 unspecified atom stereocenters. The van der Waals surface area contributed by atoms with Crippen LogP contribution in [0.3, 0.4) is 0 Å². The van der Waals surface area contributed by atoms with E-state index < -0.39 is 0 Å². The topological polar surface area (TPSA) is 86.3 Å². The third-order valence-electron chi connectivity index (χ3n) is 5.73. The number of amides is 1. The highest BCUT2D eigenvalue weighted by Gasteiger charge is 2.32. The van der Waals surface area contributed by atoms with Gasteiger partial charge >= 0.3 is 0 Å². The summed E-state index contributed by atoms with van der Waals surface area (Å²) in [7, 11) is 1.96. The molecule has 0 radical (unpaired) electrons. The van der Waals surface area contributed by atoms with E-state index in [1.165, 1.54) is 10.6 Å². The average molecular weight is 414 g/mol. The number of anilines is 1. The van der Waals surface area contributed by atoms with E-state index in [-0.39, 0.29) is 12.0 Å². The van der Waals surface area contributed by atoms with Gasteiger partial charge in [-0.15, -0.1) is 11.3 Å². The Morgan fingerprint density at radius 3 is 2.97 bits per heavy atom. The summed E-state index contributed by atoms with van der Waals surface area (Å²) >= 11 is 1.59. The summed E-state index contributed by atoms with van der Waals surface area (Å²) in [6.45, 7) is 4.79. The minimum absolute atomic E-state index is 0.0225. The van der Waals surface area contributed by atoms with Crippen LogP contribution < -0.4 is 4.90 Å². The van der Waals surface area contributed by atoms with Crippen LogP contribution in [0.2, 0.25) is 0 Å². The number of aryl methyl sites for hydroxylation is 4. The lowest BCUT2D eigenvalue weighted by Gasteiger charge is -2.23. The number of fused-ring (bicyclic) bond motifs is 3. The maximum Gasteiger partial charge on any atom is 0.265 e. The molecule has 1 fully saturated rings. The first-order chi connectivity index (χ1) is 14.0. The fourth-order valence-corrected chi connectivity index (χ4v) is 5.27. The molecule has 2 aliphatic rings. The lowest BCUT2D eigenvalue weighted by molar-refractivity contribution is 0.0915. The molecule has 3 aromatic heterocycles. The fourth-order valence-electron chi connectivity index (χ4n) is 4.19. The zero-order valence-corrected chi connectivity index (χ0v) is 17.6. The van der Waals surface area contributed by atoms with Gasteiger partial charge in [-0.3, -0.25) is 14.4 Å². The summed E-state index contributed by atoms with van der Waals surface area (Å²) in [6, 6.07) is 0. The molecule has 0 aromatic carbocycles. The van der Waals surface area contributed by atoms with E-state index in [4.69, 9.17) is 14.2 Å². The van der Waals surface area contributed by atoms with Crippen LogP contribution >= 0.6 is 11.3 Å². The molecule has 1 saturated heterocycles. The van der Waals surface area contributed by atoms with Crippen LogP contribution in [0.15, 0.2) is 10.7 Å². The molecule has 29 heavy (non-hydrogen) atoms. The number of carbonyl (C=O) groups excluding carboxylic acids is 1. The van der Waals surface area contributed by atoms with Crippen LogP contribution in [0, 0.1) is 13.8 Å². The highest BCUT2D eigenvalue weighted by Crippen LogP contribution is 2.40. The van der Waals surface area contributed by atoms with Crippen molar-refractivity contribution in [3.05, 3.63) is 33.8 Å². The van der Waals surface area contributed by atoms with E-state index in [9.17, 15) is 4.79 Å². The largest absolute Gasteiger partial charge is 0.376 e. The summed E-state index contributed by atoms with van der Waals surface area (Å²) < 4.78 is 13.0. The highest BCUT2D eigenvalue weighted by molar-refractivity contribution is 7.16. The Morgan fingerprint density at radius 2 is 2.24 bits per heavy atom. The normalized spacial score (nSPS) is 18.0. The predicted molar refractivity (Wildman–Crippen MR) is 108 cm³/mol. The van der Waals surface area contributed by atoms with Gasteiger partial charge in [0.1, 0.15) is 11.3 Å². The Morgan fingerprint density at radius 1 is 1.38 bits per heavy atom. The SMILES string of the molecule is Cc1noc(C)c1C(=O)N(CC1CCCO1)c1nc2c(s1)CCc1c-2cnn1C. The van der Waals surface area contributed by atoms with E-state index in [1.54, 1.807) is 30.1 Å². The van der Waals surface area contributed by atoms with E-state index in [0.717, 1.165) is 43.5 Å². The van der Waals surface area contributed by atoms with Crippen molar-refractivity contribution in [3.63, 3.8) is 0 Å². The number of ether oxygens (including phenoxy) is 1. The second kappa shape index (κ2) is 7.07. The van der Waals surface area contributed by atoms with Crippen LogP contribution in [0.5, 0.6) is 0 Å². The second-order valence-electron chi connectivity index (χ2n) is 7.65. The molecule has 1 aliphatic carbocycles. The van der Waals surface area contributed by atoms with E-state index in [1.807, 2.05) is 17.9 Å². The summed E-state index contributed by atoms with van der Waals surface area (Å²) in [6.07, 6.45) is 5.71. The van der Waals surface area contributed by atoms with Gasteiger partial charge < -0.3 is 9.26 Å². The quantitative estimate of drug-likeness (QED) is 0.653. The van der Waals surface area contributed by atoms with Crippen LogP contribution in [0.1, 0.15) is 45.2 Å². The Balaban J connectivity index is 1.55. The molecule has 5 rings (SSSR count). The first kappa shape index (κ1) is 18.5. The molecule has 3 aromatic rings. The molecule has 152 valence electrons. The highest BCUT2D eigenvalue weighted by atomic mass is 32.1. The van der Waals surface area contributed by atoms with Crippen molar-refractivity contribution in [1.82, 2.24) is 19.9 Å². The van der Waals surface area contributed by atoms with Gasteiger partial charge in [0.25, 0.3) is 5.91 Å². The smallest absolute Gasteiger partial charge is 0.265 e. The van der Waals surface area contributed by atoms with Gasteiger partial charge in [-0.1, -0.05) is 5.16 Å². The second-order valence-corrected chi connectivity index (χ2v) is 8.71. The maximum absolute atomic E-state index is 13.5. The number of hydrogen-bond donors (Lipinski definition) is 0. The molecule has 1 amide bonds. The number of carbonyl (C=O) groups is 1. The Kier molecular flexibility index (Phi) is 4.51. The molecule has 4 heterocycles. The molecular formula is C20H23N5O3S. The molecule has 8 nitrogen and oxygen atoms in total. The summed E-state index contributed by atoms with van der Waals surface area (Å²) in [5.41, 5.74) is 4.32. The van der Waals surface area contributed by atoms with Gasteiger partial charge in [0, 0.05) is 29.8 Å². The van der Waals surface area contributed by atoms with Crippen molar-refractivity contribution in [2.75, 3.05) is 18.1 Å². The van der Waals surface area contributed by atoms with Gasteiger partial charge in [-0.25, -0.2) is 4.98 Å². The summed E-state index contributed by atoms with van der Waals surface area (Å²) in [5.74, 6) is 0.398. The average Bonchev–Trinajstić information content (AvgIpc) is 3.47. The molecular weight excluding hydrogens is 390 g/mol.